The van der Waals surface area contributed by atoms with Gasteiger partial charge in [0.05, 0.1) is 5.56 Å². The number of hydrogen-bond acceptors (Lipinski definition) is 6. The van der Waals surface area contributed by atoms with E-state index in [2.05, 4.69) is 20.3 Å². The molecule has 0 spiro atoms. The average molecular weight is 403 g/mol. The molecule has 150 valence electrons. The highest BCUT2D eigenvalue weighted by molar-refractivity contribution is 5.94. The largest absolute Gasteiger partial charge is 0.416 e. The van der Waals surface area contributed by atoms with Crippen LogP contribution in [0.1, 0.15) is 15.9 Å². The van der Waals surface area contributed by atoms with Crippen LogP contribution in [-0.4, -0.2) is 61.9 Å². The maximum Gasteiger partial charge on any atom is 0.416 e. The minimum Gasteiger partial charge on any atom is -0.352 e. The third-order valence-corrected chi connectivity index (χ3v) is 4.62. The van der Waals surface area contributed by atoms with E-state index in [0.29, 0.717) is 37.8 Å². The molecule has 0 radical (unpaired) electrons. The second kappa shape index (κ2) is 7.49. The SMILES string of the molecule is O=C(c1cccc(C(F)(F)F)c1)N1CCN(c2ccc(-n3cncn3)nn2)CC1. The van der Waals surface area contributed by atoms with Crippen molar-refractivity contribution in [2.75, 3.05) is 31.1 Å². The molecule has 2 aromatic heterocycles. The van der Waals surface area contributed by atoms with Crippen LogP contribution in [0.5, 0.6) is 0 Å². The molecule has 11 heteroatoms. The zero-order valence-corrected chi connectivity index (χ0v) is 15.1. The van der Waals surface area contributed by atoms with E-state index in [1.54, 1.807) is 17.0 Å². The fourth-order valence-electron chi connectivity index (χ4n) is 3.09. The molecule has 0 N–H and O–H groups in total. The summed E-state index contributed by atoms with van der Waals surface area (Å²) in [6.45, 7) is 1.76. The van der Waals surface area contributed by atoms with Crippen molar-refractivity contribution >= 4 is 11.7 Å². The predicted octanol–water partition coefficient (Wildman–Crippen LogP) is 2.04. The number of halogens is 3. The molecule has 0 atom stereocenters. The van der Waals surface area contributed by atoms with E-state index in [1.165, 1.54) is 29.5 Å². The molecule has 0 unspecified atom stereocenters. The molecular weight excluding hydrogens is 387 g/mol. The molecule has 0 aliphatic carbocycles. The number of amides is 1. The summed E-state index contributed by atoms with van der Waals surface area (Å²) in [6, 6.07) is 8.06. The summed E-state index contributed by atoms with van der Waals surface area (Å²) in [6.07, 6.45) is -1.57. The van der Waals surface area contributed by atoms with Crippen molar-refractivity contribution in [2.24, 2.45) is 0 Å². The Morgan fingerprint density at radius 3 is 2.31 bits per heavy atom. The third kappa shape index (κ3) is 4.03. The zero-order valence-electron chi connectivity index (χ0n) is 15.1. The number of carbonyl (C=O) groups excluding carboxylic acids is 1. The second-order valence-corrected chi connectivity index (χ2v) is 6.45. The van der Waals surface area contributed by atoms with Crippen LogP contribution >= 0.6 is 0 Å². The van der Waals surface area contributed by atoms with Gasteiger partial charge in [-0.2, -0.15) is 18.3 Å². The highest BCUT2D eigenvalue weighted by Gasteiger charge is 2.31. The molecule has 0 saturated carbocycles. The van der Waals surface area contributed by atoms with Gasteiger partial charge in [-0.1, -0.05) is 6.07 Å². The first-order valence-corrected chi connectivity index (χ1v) is 8.82. The minimum absolute atomic E-state index is 0.0326. The van der Waals surface area contributed by atoms with Gasteiger partial charge in [0.1, 0.15) is 12.7 Å². The van der Waals surface area contributed by atoms with E-state index in [1.807, 2.05) is 4.90 Å². The number of piperazine rings is 1. The van der Waals surface area contributed by atoms with Crippen molar-refractivity contribution < 1.29 is 18.0 Å². The summed E-state index contributed by atoms with van der Waals surface area (Å²) in [5.74, 6) is 0.771. The first-order valence-electron chi connectivity index (χ1n) is 8.82. The Balaban J connectivity index is 1.40. The van der Waals surface area contributed by atoms with Crippen LogP contribution in [0.2, 0.25) is 0 Å². The predicted molar refractivity (Wildman–Crippen MR) is 96.5 cm³/mol. The average Bonchev–Trinajstić information content (AvgIpc) is 3.28. The van der Waals surface area contributed by atoms with Gasteiger partial charge in [-0.25, -0.2) is 9.67 Å². The quantitative estimate of drug-likeness (QED) is 0.666. The van der Waals surface area contributed by atoms with Crippen LogP contribution in [0.25, 0.3) is 5.82 Å². The van der Waals surface area contributed by atoms with Crippen LogP contribution in [0.4, 0.5) is 19.0 Å². The molecule has 0 bridgehead atoms. The van der Waals surface area contributed by atoms with Crippen molar-refractivity contribution in [3.8, 4) is 5.82 Å². The topological polar surface area (TPSA) is 80.0 Å². The van der Waals surface area contributed by atoms with E-state index < -0.39 is 17.6 Å². The van der Waals surface area contributed by atoms with Crippen molar-refractivity contribution in [1.29, 1.82) is 0 Å². The van der Waals surface area contributed by atoms with Gasteiger partial charge >= 0.3 is 6.18 Å². The number of alkyl halides is 3. The number of rotatable bonds is 3. The molecule has 1 aliphatic heterocycles. The smallest absolute Gasteiger partial charge is 0.352 e. The zero-order chi connectivity index (χ0) is 20.4. The van der Waals surface area contributed by atoms with Gasteiger partial charge in [-0.3, -0.25) is 4.79 Å². The normalized spacial score (nSPS) is 14.9. The summed E-state index contributed by atoms with van der Waals surface area (Å²) >= 11 is 0. The monoisotopic (exact) mass is 403 g/mol. The highest BCUT2D eigenvalue weighted by Crippen LogP contribution is 2.29. The van der Waals surface area contributed by atoms with Gasteiger partial charge in [0, 0.05) is 31.7 Å². The summed E-state index contributed by atoms with van der Waals surface area (Å²) in [5, 5.41) is 12.3. The lowest BCUT2D eigenvalue weighted by molar-refractivity contribution is -0.137. The molecule has 1 amide bonds. The first kappa shape index (κ1) is 18.8. The standard InChI is InChI=1S/C18H16F3N7O/c19-18(20,21)14-3-1-2-13(10-14)17(29)27-8-6-26(7-9-27)15-4-5-16(25-24-15)28-12-22-11-23-28/h1-5,10-12H,6-9H2. The van der Waals surface area contributed by atoms with Gasteiger partial charge in [0.2, 0.25) is 0 Å². The number of benzene rings is 1. The van der Waals surface area contributed by atoms with Gasteiger partial charge in [0.15, 0.2) is 11.6 Å². The van der Waals surface area contributed by atoms with Gasteiger partial charge in [-0.15, -0.1) is 10.2 Å². The van der Waals surface area contributed by atoms with E-state index in [0.717, 1.165) is 12.1 Å². The lowest BCUT2D eigenvalue weighted by atomic mass is 10.1. The summed E-state index contributed by atoms with van der Waals surface area (Å²) in [5.41, 5.74) is -0.796. The van der Waals surface area contributed by atoms with Crippen LogP contribution in [0, 0.1) is 0 Å². The molecule has 4 rings (SSSR count). The molecule has 8 nitrogen and oxygen atoms in total. The highest BCUT2D eigenvalue weighted by atomic mass is 19.4. The Morgan fingerprint density at radius 2 is 1.69 bits per heavy atom. The summed E-state index contributed by atoms with van der Waals surface area (Å²) in [7, 11) is 0. The fourth-order valence-corrected chi connectivity index (χ4v) is 3.09. The Labute approximate surface area is 163 Å². The minimum atomic E-state index is -4.48. The van der Waals surface area contributed by atoms with E-state index in [9.17, 15) is 18.0 Å². The van der Waals surface area contributed by atoms with Crippen molar-refractivity contribution in [3.05, 3.63) is 60.2 Å². The van der Waals surface area contributed by atoms with Crippen molar-refractivity contribution in [2.45, 2.75) is 6.18 Å². The van der Waals surface area contributed by atoms with E-state index in [-0.39, 0.29) is 5.56 Å². The Bertz CT molecular complexity index is 981. The molecular formula is C18H16F3N7O. The van der Waals surface area contributed by atoms with Gasteiger partial charge in [0.25, 0.3) is 5.91 Å². The molecule has 1 aromatic carbocycles. The van der Waals surface area contributed by atoms with Crippen LogP contribution in [0.15, 0.2) is 49.1 Å². The Kier molecular flexibility index (Phi) is 4.87. The summed E-state index contributed by atoms with van der Waals surface area (Å²) in [4.78, 5) is 20.0. The summed E-state index contributed by atoms with van der Waals surface area (Å²) < 4.78 is 40.1. The van der Waals surface area contributed by atoms with Crippen LogP contribution in [-0.2, 0) is 6.18 Å². The first-order chi connectivity index (χ1) is 13.9. The van der Waals surface area contributed by atoms with Crippen LogP contribution < -0.4 is 4.90 Å². The number of aromatic nitrogens is 5. The number of hydrogen-bond donors (Lipinski definition) is 0. The Morgan fingerprint density at radius 1 is 0.966 bits per heavy atom. The molecule has 3 aromatic rings. The maximum atomic E-state index is 12.9. The third-order valence-electron chi connectivity index (χ3n) is 4.62. The van der Waals surface area contributed by atoms with Crippen molar-refractivity contribution in [3.63, 3.8) is 0 Å². The van der Waals surface area contributed by atoms with Gasteiger partial charge in [-0.05, 0) is 30.3 Å². The number of anilines is 1. The second-order valence-electron chi connectivity index (χ2n) is 6.45. The molecule has 1 fully saturated rings. The lowest BCUT2D eigenvalue weighted by Crippen LogP contribution is -2.49. The van der Waals surface area contributed by atoms with Crippen molar-refractivity contribution in [1.82, 2.24) is 29.9 Å². The molecule has 1 aliphatic rings. The molecule has 29 heavy (non-hydrogen) atoms. The molecule has 3 heterocycles. The van der Waals surface area contributed by atoms with E-state index >= 15 is 0 Å². The Hall–Kier alpha value is -3.50. The number of carbonyl (C=O) groups is 1. The van der Waals surface area contributed by atoms with Gasteiger partial charge < -0.3 is 9.80 Å². The fraction of sp³-hybridized carbons (Fsp3) is 0.278. The maximum absolute atomic E-state index is 12.9. The lowest BCUT2D eigenvalue weighted by Gasteiger charge is -2.35. The van der Waals surface area contributed by atoms with E-state index in [4.69, 9.17) is 0 Å². The van der Waals surface area contributed by atoms with Crippen LogP contribution in [0.3, 0.4) is 0 Å². The number of nitrogens with zero attached hydrogens (tertiary/aromatic N) is 7. The molecule has 1 saturated heterocycles.